The minimum absolute atomic E-state index is 0.311. The van der Waals surface area contributed by atoms with Gasteiger partial charge in [-0.2, -0.15) is 21.6 Å². The van der Waals surface area contributed by atoms with Crippen molar-refractivity contribution in [2.45, 2.75) is 5.51 Å². The maximum atomic E-state index is 12.7. The third-order valence-corrected chi connectivity index (χ3v) is 4.58. The van der Waals surface area contributed by atoms with Gasteiger partial charge >= 0.3 is 15.5 Å². The molecule has 0 saturated carbocycles. The molecule has 2 aromatic carbocycles. The summed E-state index contributed by atoms with van der Waals surface area (Å²) < 4.78 is 62.5. The molecule has 2 rings (SSSR count). The predicted molar refractivity (Wildman–Crippen MR) is 98.3 cm³/mol. The molecular formula is C15H14F3N5O5S. The molecule has 0 amide bonds. The topological polar surface area (TPSA) is 138 Å². The van der Waals surface area contributed by atoms with Crippen LogP contribution in [0.3, 0.4) is 0 Å². The summed E-state index contributed by atoms with van der Waals surface area (Å²) in [5.74, 6) is -0.471. The van der Waals surface area contributed by atoms with Crippen molar-refractivity contribution in [2.24, 2.45) is 10.2 Å². The molecule has 0 radical (unpaired) electrons. The van der Waals surface area contributed by atoms with Crippen molar-refractivity contribution < 1.29 is 31.6 Å². The highest BCUT2D eigenvalue weighted by molar-refractivity contribution is 7.93. The van der Waals surface area contributed by atoms with E-state index in [1.54, 1.807) is 14.1 Å². The van der Waals surface area contributed by atoms with Crippen LogP contribution in [0, 0.1) is 10.1 Å². The molecule has 0 bridgehead atoms. The lowest BCUT2D eigenvalue weighted by molar-refractivity contribution is -0.384. The number of phenolic OH excluding ortho intramolecular Hbond substituents is 1. The van der Waals surface area contributed by atoms with Gasteiger partial charge in [-0.15, -0.1) is 10.2 Å². The Labute approximate surface area is 162 Å². The molecule has 0 heterocycles. The van der Waals surface area contributed by atoms with Crippen LogP contribution in [0.2, 0.25) is 0 Å². The SMILES string of the molecule is CN(C)c1ccc(N=Nc2cc([N+](=O)[O-])ccc2O)c(NS(=O)(=O)C(F)(F)F)c1. The van der Waals surface area contributed by atoms with Crippen molar-refractivity contribution in [3.8, 4) is 5.75 Å². The molecular weight excluding hydrogens is 419 g/mol. The second kappa shape index (κ2) is 7.90. The molecule has 0 unspecified atom stereocenters. The van der Waals surface area contributed by atoms with E-state index in [4.69, 9.17) is 0 Å². The predicted octanol–water partition coefficient (Wildman–Crippen LogP) is 4.04. The van der Waals surface area contributed by atoms with Crippen molar-refractivity contribution >= 4 is 38.5 Å². The smallest absolute Gasteiger partial charge is 0.506 e. The molecule has 0 aliphatic carbocycles. The quantitative estimate of drug-likeness (QED) is 0.401. The minimum atomic E-state index is -5.73. The average Bonchev–Trinajstić information content (AvgIpc) is 2.60. The third kappa shape index (κ3) is 5.10. The fourth-order valence-corrected chi connectivity index (χ4v) is 2.56. The van der Waals surface area contributed by atoms with E-state index < -0.39 is 37.6 Å². The fourth-order valence-electron chi connectivity index (χ4n) is 1.99. The summed E-state index contributed by atoms with van der Waals surface area (Å²) in [6, 6.07) is 6.64. The molecule has 0 aliphatic heterocycles. The summed E-state index contributed by atoms with van der Waals surface area (Å²) >= 11 is 0. The van der Waals surface area contributed by atoms with Gasteiger partial charge in [-0.05, 0) is 24.3 Å². The van der Waals surface area contributed by atoms with Gasteiger partial charge in [-0.1, -0.05) is 0 Å². The van der Waals surface area contributed by atoms with Crippen LogP contribution >= 0.6 is 0 Å². The van der Waals surface area contributed by atoms with Crippen molar-refractivity contribution in [1.29, 1.82) is 0 Å². The van der Waals surface area contributed by atoms with Gasteiger partial charge in [0.1, 0.15) is 17.1 Å². The van der Waals surface area contributed by atoms with Gasteiger partial charge in [-0.3, -0.25) is 14.8 Å². The highest BCUT2D eigenvalue weighted by Gasteiger charge is 2.46. The van der Waals surface area contributed by atoms with Gasteiger partial charge in [0.2, 0.25) is 0 Å². The lowest BCUT2D eigenvalue weighted by Crippen LogP contribution is -2.30. The summed E-state index contributed by atoms with van der Waals surface area (Å²) in [4.78, 5) is 11.6. The van der Waals surface area contributed by atoms with E-state index in [9.17, 15) is 36.8 Å². The van der Waals surface area contributed by atoms with Gasteiger partial charge < -0.3 is 10.0 Å². The molecule has 0 spiro atoms. The lowest BCUT2D eigenvalue weighted by Gasteiger charge is -2.16. The summed E-state index contributed by atoms with van der Waals surface area (Å²) in [7, 11) is -2.57. The molecule has 10 nitrogen and oxygen atoms in total. The molecule has 0 saturated heterocycles. The number of nitro groups is 1. The van der Waals surface area contributed by atoms with Gasteiger partial charge in [-0.25, -0.2) is 0 Å². The molecule has 14 heteroatoms. The molecule has 0 aliphatic rings. The Morgan fingerprint density at radius 2 is 1.72 bits per heavy atom. The maximum absolute atomic E-state index is 12.7. The zero-order valence-electron chi connectivity index (χ0n) is 14.9. The zero-order valence-corrected chi connectivity index (χ0v) is 15.7. The van der Waals surface area contributed by atoms with E-state index in [0.29, 0.717) is 5.69 Å². The largest absolute Gasteiger partial charge is 0.516 e. The summed E-state index contributed by atoms with van der Waals surface area (Å²) in [6.07, 6.45) is 0. The number of aromatic hydroxyl groups is 1. The van der Waals surface area contributed by atoms with E-state index >= 15 is 0 Å². The van der Waals surface area contributed by atoms with Crippen LogP contribution in [0.4, 0.5) is 41.6 Å². The number of hydrogen-bond donors (Lipinski definition) is 2. The average molecular weight is 433 g/mol. The number of nitrogens with one attached hydrogen (secondary N) is 1. The van der Waals surface area contributed by atoms with Crippen molar-refractivity contribution in [1.82, 2.24) is 0 Å². The number of azo groups is 1. The molecule has 2 N–H and O–H groups in total. The first-order valence-corrected chi connectivity index (χ1v) is 9.10. The van der Waals surface area contributed by atoms with Crippen LogP contribution < -0.4 is 9.62 Å². The monoisotopic (exact) mass is 433 g/mol. The molecule has 0 fully saturated rings. The Kier molecular flexibility index (Phi) is 5.96. The highest BCUT2D eigenvalue weighted by atomic mass is 32.2. The van der Waals surface area contributed by atoms with Crippen LogP contribution in [0.1, 0.15) is 0 Å². The number of benzene rings is 2. The third-order valence-electron chi connectivity index (χ3n) is 3.48. The van der Waals surface area contributed by atoms with Gasteiger partial charge in [0.15, 0.2) is 0 Å². The second-order valence-electron chi connectivity index (χ2n) is 5.78. The Balaban J connectivity index is 2.52. The van der Waals surface area contributed by atoms with Gasteiger partial charge in [0.05, 0.1) is 10.6 Å². The number of nitrogens with zero attached hydrogens (tertiary/aromatic N) is 4. The summed E-state index contributed by atoms with van der Waals surface area (Å²) in [5, 5.41) is 27.8. The molecule has 29 heavy (non-hydrogen) atoms. The number of alkyl halides is 3. The molecule has 2 aromatic rings. The van der Waals surface area contributed by atoms with Crippen LogP contribution in [0.5, 0.6) is 5.75 Å². The van der Waals surface area contributed by atoms with Crippen LogP contribution in [0.25, 0.3) is 0 Å². The Morgan fingerprint density at radius 1 is 1.10 bits per heavy atom. The van der Waals surface area contributed by atoms with Crippen LogP contribution in [-0.4, -0.2) is 38.1 Å². The summed E-state index contributed by atoms with van der Waals surface area (Å²) in [5.41, 5.74) is -6.77. The van der Waals surface area contributed by atoms with Crippen LogP contribution in [0.15, 0.2) is 46.6 Å². The van der Waals surface area contributed by atoms with Crippen molar-refractivity contribution in [3.63, 3.8) is 0 Å². The lowest BCUT2D eigenvalue weighted by atomic mass is 10.2. The Bertz CT molecular complexity index is 1070. The minimum Gasteiger partial charge on any atom is -0.506 e. The highest BCUT2D eigenvalue weighted by Crippen LogP contribution is 2.36. The first-order valence-electron chi connectivity index (χ1n) is 7.61. The van der Waals surface area contributed by atoms with E-state index in [2.05, 4.69) is 10.2 Å². The van der Waals surface area contributed by atoms with Crippen molar-refractivity contribution in [3.05, 3.63) is 46.5 Å². The normalized spacial score (nSPS) is 12.2. The van der Waals surface area contributed by atoms with E-state index in [1.807, 2.05) is 0 Å². The first kappa shape index (κ1) is 21.9. The number of nitro benzene ring substituents is 1. The van der Waals surface area contributed by atoms with E-state index in [0.717, 1.165) is 24.3 Å². The first-order chi connectivity index (χ1) is 13.3. The second-order valence-corrected chi connectivity index (χ2v) is 7.45. The number of halogens is 3. The van der Waals surface area contributed by atoms with Gasteiger partial charge in [0, 0.05) is 31.9 Å². The Morgan fingerprint density at radius 3 is 2.28 bits per heavy atom. The van der Waals surface area contributed by atoms with E-state index in [1.165, 1.54) is 21.8 Å². The number of hydrogen-bond acceptors (Lipinski definition) is 8. The van der Waals surface area contributed by atoms with E-state index in [-0.39, 0.29) is 11.4 Å². The number of rotatable bonds is 6. The fraction of sp³-hybridized carbons (Fsp3) is 0.200. The molecule has 0 aromatic heterocycles. The summed E-state index contributed by atoms with van der Waals surface area (Å²) in [6.45, 7) is 0. The zero-order chi connectivity index (χ0) is 22.0. The standard InChI is InChI=1S/C15H14F3N5O5S/c1-22(2)9-3-5-11(12(7-9)21-29(27,28)15(16,17)18)19-20-13-8-10(23(25)26)4-6-14(13)24/h3-8,21,24H,1-2H3. The number of anilines is 2. The van der Waals surface area contributed by atoms with Crippen molar-refractivity contribution in [2.75, 3.05) is 23.7 Å². The van der Waals surface area contributed by atoms with Crippen LogP contribution in [-0.2, 0) is 10.0 Å². The molecule has 0 atom stereocenters. The number of sulfonamides is 1. The number of phenols is 1. The molecule has 156 valence electrons. The number of non-ortho nitro benzene ring substituents is 1. The maximum Gasteiger partial charge on any atom is 0.516 e. The Hall–Kier alpha value is -3.42. The van der Waals surface area contributed by atoms with Gasteiger partial charge in [0.25, 0.3) is 5.69 Å².